The number of hydrogen-bond acceptors (Lipinski definition) is 5. The molecule has 0 aliphatic heterocycles. The van der Waals surface area contributed by atoms with Gasteiger partial charge in [-0.25, -0.2) is 18.2 Å². The van der Waals surface area contributed by atoms with E-state index in [2.05, 4.69) is 10.1 Å². The molecule has 0 unspecified atom stereocenters. The highest BCUT2D eigenvalue weighted by Gasteiger charge is 2.25. The molecule has 1 heterocycles. The first-order valence-corrected chi connectivity index (χ1v) is 7.34. The average molecular weight is 274 g/mol. The van der Waals surface area contributed by atoms with E-state index in [1.807, 2.05) is 13.8 Å². The second-order valence-corrected chi connectivity index (χ2v) is 6.42. The molecule has 1 rings (SSSR count). The van der Waals surface area contributed by atoms with Crippen LogP contribution in [-0.4, -0.2) is 52.5 Å². The fourth-order valence-electron chi connectivity index (χ4n) is 1.32. The van der Waals surface area contributed by atoms with Gasteiger partial charge in [0.05, 0.1) is 5.25 Å². The van der Waals surface area contributed by atoms with Crippen molar-refractivity contribution < 1.29 is 13.2 Å². The standard InChI is InChI=1S/C10H18N4O3S/c1-5-13(6-2)10(15)14-7-11-9(12-14)18(16,17)8(3)4/h7-8H,5-6H2,1-4H3. The van der Waals surface area contributed by atoms with Crippen LogP contribution in [0.3, 0.4) is 0 Å². The van der Waals surface area contributed by atoms with Crippen LogP contribution in [0.15, 0.2) is 11.5 Å². The molecule has 8 heteroatoms. The summed E-state index contributed by atoms with van der Waals surface area (Å²) < 4.78 is 24.6. The molecule has 0 bridgehead atoms. The highest BCUT2D eigenvalue weighted by molar-refractivity contribution is 7.91. The van der Waals surface area contributed by atoms with Gasteiger partial charge in [-0.05, 0) is 27.7 Å². The summed E-state index contributed by atoms with van der Waals surface area (Å²) in [5.41, 5.74) is 0. The molecule has 102 valence electrons. The van der Waals surface area contributed by atoms with Crippen molar-refractivity contribution >= 4 is 15.9 Å². The summed E-state index contributed by atoms with van der Waals surface area (Å²) >= 11 is 0. The quantitative estimate of drug-likeness (QED) is 0.809. The van der Waals surface area contributed by atoms with Gasteiger partial charge in [0.15, 0.2) is 0 Å². The first-order chi connectivity index (χ1) is 8.34. The summed E-state index contributed by atoms with van der Waals surface area (Å²) in [5.74, 6) is 0. The molecule has 0 radical (unpaired) electrons. The van der Waals surface area contributed by atoms with E-state index in [4.69, 9.17) is 0 Å². The summed E-state index contributed by atoms with van der Waals surface area (Å²) in [6.45, 7) is 7.82. The zero-order valence-electron chi connectivity index (χ0n) is 11.0. The summed E-state index contributed by atoms with van der Waals surface area (Å²) in [4.78, 5) is 17.1. The van der Waals surface area contributed by atoms with Crippen molar-refractivity contribution in [1.29, 1.82) is 0 Å². The third-order valence-electron chi connectivity index (χ3n) is 2.58. The lowest BCUT2D eigenvalue weighted by atomic mass is 10.5. The van der Waals surface area contributed by atoms with Gasteiger partial charge >= 0.3 is 6.03 Å². The van der Waals surface area contributed by atoms with Crippen LogP contribution in [0.25, 0.3) is 0 Å². The molecule has 7 nitrogen and oxygen atoms in total. The van der Waals surface area contributed by atoms with Crippen LogP contribution >= 0.6 is 0 Å². The first-order valence-electron chi connectivity index (χ1n) is 5.79. The minimum atomic E-state index is -3.54. The summed E-state index contributed by atoms with van der Waals surface area (Å²) in [6, 6.07) is -0.377. The van der Waals surface area contributed by atoms with E-state index < -0.39 is 15.1 Å². The van der Waals surface area contributed by atoms with E-state index >= 15 is 0 Å². The smallest absolute Gasteiger partial charge is 0.323 e. The lowest BCUT2D eigenvalue weighted by Gasteiger charge is -2.17. The molecular formula is C10H18N4O3S. The molecule has 0 atom stereocenters. The lowest BCUT2D eigenvalue weighted by molar-refractivity contribution is 0.201. The molecule has 0 N–H and O–H groups in total. The third-order valence-corrected chi connectivity index (χ3v) is 4.51. The Morgan fingerprint density at radius 1 is 1.39 bits per heavy atom. The molecule has 0 aliphatic carbocycles. The number of amides is 1. The van der Waals surface area contributed by atoms with Crippen LogP contribution in [0, 0.1) is 0 Å². The van der Waals surface area contributed by atoms with Crippen LogP contribution in [0.1, 0.15) is 27.7 Å². The Hall–Kier alpha value is -1.44. The van der Waals surface area contributed by atoms with E-state index in [1.165, 1.54) is 4.90 Å². The largest absolute Gasteiger partial charge is 0.346 e. The first kappa shape index (κ1) is 14.6. The van der Waals surface area contributed by atoms with Crippen LogP contribution in [0.5, 0.6) is 0 Å². The van der Waals surface area contributed by atoms with Gasteiger partial charge in [0.2, 0.25) is 9.84 Å². The van der Waals surface area contributed by atoms with Gasteiger partial charge in [0, 0.05) is 13.1 Å². The van der Waals surface area contributed by atoms with Gasteiger partial charge in [-0.3, -0.25) is 0 Å². The second-order valence-electron chi connectivity index (χ2n) is 4.02. The molecule has 18 heavy (non-hydrogen) atoms. The number of nitrogens with zero attached hydrogens (tertiary/aromatic N) is 4. The van der Waals surface area contributed by atoms with E-state index in [1.54, 1.807) is 13.8 Å². The highest BCUT2D eigenvalue weighted by atomic mass is 32.2. The van der Waals surface area contributed by atoms with Gasteiger partial charge in [0.1, 0.15) is 6.33 Å². The SMILES string of the molecule is CCN(CC)C(=O)n1cnc(S(=O)(=O)C(C)C)n1. The molecule has 0 saturated carbocycles. The predicted octanol–water partition coefficient (Wildman–Crippen LogP) is 0.770. The minimum absolute atomic E-state index is 0.307. The normalized spacial score (nSPS) is 11.8. The molecule has 0 aliphatic rings. The Balaban J connectivity index is 3.04. The fourth-order valence-corrected chi connectivity index (χ4v) is 2.14. The van der Waals surface area contributed by atoms with Crippen LogP contribution in [0.4, 0.5) is 4.79 Å². The highest BCUT2D eigenvalue weighted by Crippen LogP contribution is 2.10. The lowest BCUT2D eigenvalue weighted by Crippen LogP contribution is -2.34. The van der Waals surface area contributed by atoms with Gasteiger partial charge in [-0.1, -0.05) is 0 Å². The van der Waals surface area contributed by atoms with Crippen molar-refractivity contribution in [3.8, 4) is 0 Å². The fraction of sp³-hybridized carbons (Fsp3) is 0.700. The topological polar surface area (TPSA) is 85.2 Å². The van der Waals surface area contributed by atoms with Gasteiger partial charge in [-0.2, -0.15) is 4.68 Å². The Labute approximate surface area is 107 Å². The maximum atomic E-state index is 11.9. The van der Waals surface area contributed by atoms with Crippen molar-refractivity contribution in [1.82, 2.24) is 19.7 Å². The summed E-state index contributed by atoms with van der Waals surface area (Å²) in [7, 11) is -3.54. The second kappa shape index (κ2) is 5.47. The number of sulfone groups is 1. The van der Waals surface area contributed by atoms with E-state index in [-0.39, 0.29) is 11.2 Å². The van der Waals surface area contributed by atoms with Gasteiger partial charge < -0.3 is 4.90 Å². The molecule has 0 spiro atoms. The number of carbonyl (C=O) groups is 1. The Morgan fingerprint density at radius 3 is 2.39 bits per heavy atom. The van der Waals surface area contributed by atoms with Crippen molar-refractivity contribution in [2.75, 3.05) is 13.1 Å². The summed E-state index contributed by atoms with van der Waals surface area (Å²) in [6.07, 6.45) is 1.13. The average Bonchev–Trinajstić information content (AvgIpc) is 2.80. The maximum Gasteiger partial charge on any atom is 0.346 e. The number of carbonyl (C=O) groups excluding carboxylic acids is 1. The predicted molar refractivity (Wildman–Crippen MR) is 66.1 cm³/mol. The molecule has 0 saturated heterocycles. The zero-order valence-corrected chi connectivity index (χ0v) is 11.8. The van der Waals surface area contributed by atoms with Crippen molar-refractivity contribution in [3.63, 3.8) is 0 Å². The molecule has 0 fully saturated rings. The Kier molecular flexibility index (Phi) is 4.44. The van der Waals surface area contributed by atoms with Crippen molar-refractivity contribution in [2.45, 2.75) is 38.1 Å². The summed E-state index contributed by atoms with van der Waals surface area (Å²) in [5, 5.41) is 2.82. The molecular weight excluding hydrogens is 256 g/mol. The van der Waals surface area contributed by atoms with E-state index in [0.29, 0.717) is 13.1 Å². The number of hydrogen-bond donors (Lipinski definition) is 0. The van der Waals surface area contributed by atoms with Crippen LogP contribution in [0.2, 0.25) is 0 Å². The van der Waals surface area contributed by atoms with Crippen LogP contribution < -0.4 is 0 Å². The molecule has 1 amide bonds. The van der Waals surface area contributed by atoms with E-state index in [9.17, 15) is 13.2 Å². The molecule has 0 aromatic carbocycles. The molecule has 1 aromatic rings. The minimum Gasteiger partial charge on any atom is -0.323 e. The van der Waals surface area contributed by atoms with E-state index in [0.717, 1.165) is 11.0 Å². The monoisotopic (exact) mass is 274 g/mol. The number of rotatable bonds is 4. The third kappa shape index (κ3) is 2.69. The van der Waals surface area contributed by atoms with Crippen molar-refractivity contribution in [3.05, 3.63) is 6.33 Å². The van der Waals surface area contributed by atoms with Crippen LogP contribution in [-0.2, 0) is 9.84 Å². The molecule has 1 aromatic heterocycles. The number of aromatic nitrogens is 3. The maximum absolute atomic E-state index is 11.9. The van der Waals surface area contributed by atoms with Gasteiger partial charge in [-0.15, -0.1) is 5.10 Å². The van der Waals surface area contributed by atoms with Crippen molar-refractivity contribution in [2.24, 2.45) is 0 Å². The van der Waals surface area contributed by atoms with Gasteiger partial charge in [0.25, 0.3) is 5.16 Å². The Morgan fingerprint density at radius 2 is 1.94 bits per heavy atom. The zero-order chi connectivity index (χ0) is 13.9. The Bertz CT molecular complexity index is 517.